The number of halogens is 4. The van der Waals surface area contributed by atoms with Crippen molar-refractivity contribution in [3.8, 4) is 0 Å². The molecule has 1 atom stereocenters. The number of rotatable bonds is 4. The predicted octanol–water partition coefficient (Wildman–Crippen LogP) is 5.04. The Balaban J connectivity index is 2.31. The van der Waals surface area contributed by atoms with Gasteiger partial charge in [0.25, 0.3) is 0 Å². The quantitative estimate of drug-likeness (QED) is 0.693. The molecular formula is C16H19BrF3NOS. The topological polar surface area (TPSA) is 20.3 Å². The molecule has 0 saturated carbocycles. The predicted molar refractivity (Wildman–Crippen MR) is 90.4 cm³/mol. The number of thioether (sulfide) groups is 1. The highest BCUT2D eigenvalue weighted by Crippen LogP contribution is 2.39. The molecule has 7 heteroatoms. The number of hydrogen-bond acceptors (Lipinski definition) is 2. The van der Waals surface area contributed by atoms with Crippen molar-refractivity contribution in [3.05, 3.63) is 34.3 Å². The average molecular weight is 410 g/mol. The minimum absolute atomic E-state index is 0.0444. The molecule has 1 fully saturated rings. The van der Waals surface area contributed by atoms with Gasteiger partial charge in [0.1, 0.15) is 0 Å². The lowest BCUT2D eigenvalue weighted by molar-refractivity contribution is -0.193. The maximum absolute atomic E-state index is 13.7. The Morgan fingerprint density at radius 1 is 1.30 bits per heavy atom. The van der Waals surface area contributed by atoms with Crippen LogP contribution in [0.4, 0.5) is 13.2 Å². The van der Waals surface area contributed by atoms with Gasteiger partial charge in [-0.15, -0.1) is 0 Å². The summed E-state index contributed by atoms with van der Waals surface area (Å²) >= 11 is 4.98. The average Bonchev–Trinajstić information content (AvgIpc) is 2.53. The smallest absolute Gasteiger partial charge is 0.327 e. The molecule has 1 aliphatic rings. The van der Waals surface area contributed by atoms with Crippen LogP contribution >= 0.6 is 27.7 Å². The first-order valence-electron chi connectivity index (χ1n) is 7.55. The van der Waals surface area contributed by atoms with Crippen molar-refractivity contribution in [3.63, 3.8) is 0 Å². The van der Waals surface area contributed by atoms with E-state index in [1.165, 1.54) is 12.1 Å². The molecule has 0 bridgehead atoms. The van der Waals surface area contributed by atoms with Crippen LogP contribution in [0.3, 0.4) is 0 Å². The second kappa shape index (κ2) is 7.92. The Bertz CT molecular complexity index is 529. The van der Waals surface area contributed by atoms with Crippen LogP contribution in [0.5, 0.6) is 0 Å². The zero-order valence-electron chi connectivity index (χ0n) is 12.8. The summed E-state index contributed by atoms with van der Waals surface area (Å²) in [5.41, 5.74) is 0.0982. The van der Waals surface area contributed by atoms with Crippen molar-refractivity contribution in [2.45, 2.75) is 32.0 Å². The van der Waals surface area contributed by atoms with Crippen molar-refractivity contribution >= 4 is 33.6 Å². The summed E-state index contributed by atoms with van der Waals surface area (Å²) < 4.78 is 41.7. The van der Waals surface area contributed by atoms with Gasteiger partial charge < -0.3 is 4.90 Å². The Morgan fingerprint density at radius 2 is 1.87 bits per heavy atom. The summed E-state index contributed by atoms with van der Waals surface area (Å²) in [6.07, 6.45) is -3.18. The van der Waals surface area contributed by atoms with Gasteiger partial charge in [0.05, 0.1) is 0 Å². The Hall–Kier alpha value is -0.690. The third kappa shape index (κ3) is 4.66. The molecule has 2 nitrogen and oxygen atoms in total. The monoisotopic (exact) mass is 409 g/mol. The van der Waals surface area contributed by atoms with Gasteiger partial charge in [-0.1, -0.05) is 28.1 Å². The van der Waals surface area contributed by atoms with Crippen molar-refractivity contribution in [2.75, 3.05) is 18.1 Å². The fourth-order valence-electron chi connectivity index (χ4n) is 2.84. The van der Waals surface area contributed by atoms with Crippen LogP contribution < -0.4 is 0 Å². The molecule has 1 amide bonds. The van der Waals surface area contributed by atoms with Gasteiger partial charge in [-0.3, -0.25) is 4.79 Å². The fourth-order valence-corrected chi connectivity index (χ4v) is 4.21. The molecule has 1 saturated heterocycles. The van der Waals surface area contributed by atoms with Crippen LogP contribution in [0.25, 0.3) is 0 Å². The van der Waals surface area contributed by atoms with E-state index in [0.717, 1.165) is 16.4 Å². The molecule has 128 valence electrons. The summed E-state index contributed by atoms with van der Waals surface area (Å²) in [6.45, 7) is 1.65. The zero-order chi connectivity index (χ0) is 17.0. The number of carbonyl (C=O) groups is 1. The fraction of sp³-hybridized carbons (Fsp3) is 0.562. The lowest BCUT2D eigenvalue weighted by Crippen LogP contribution is -2.45. The highest BCUT2D eigenvalue weighted by molar-refractivity contribution is 9.10. The first-order valence-corrected chi connectivity index (χ1v) is 9.49. The van der Waals surface area contributed by atoms with E-state index < -0.39 is 12.2 Å². The van der Waals surface area contributed by atoms with Crippen molar-refractivity contribution in [2.24, 2.45) is 5.92 Å². The Kier molecular flexibility index (Phi) is 6.42. The lowest BCUT2D eigenvalue weighted by atomic mass is 9.97. The van der Waals surface area contributed by atoms with E-state index in [4.69, 9.17) is 0 Å². The van der Waals surface area contributed by atoms with Gasteiger partial charge >= 0.3 is 6.18 Å². The van der Waals surface area contributed by atoms with Crippen molar-refractivity contribution in [1.29, 1.82) is 0 Å². The molecule has 1 aromatic rings. The third-order valence-electron chi connectivity index (χ3n) is 4.00. The van der Waals surface area contributed by atoms with E-state index in [2.05, 4.69) is 15.9 Å². The Labute approximate surface area is 146 Å². The van der Waals surface area contributed by atoms with E-state index in [1.54, 1.807) is 30.8 Å². The third-order valence-corrected chi connectivity index (χ3v) is 5.58. The maximum atomic E-state index is 13.7. The van der Waals surface area contributed by atoms with Gasteiger partial charge in [0.15, 0.2) is 6.04 Å². The molecule has 0 aromatic heterocycles. The molecule has 1 aliphatic heterocycles. The molecule has 0 radical (unpaired) electrons. The maximum Gasteiger partial charge on any atom is 0.413 e. The largest absolute Gasteiger partial charge is 0.413 e. The van der Waals surface area contributed by atoms with Crippen molar-refractivity contribution in [1.82, 2.24) is 4.90 Å². The van der Waals surface area contributed by atoms with Crippen LogP contribution in [0, 0.1) is 5.92 Å². The minimum Gasteiger partial charge on any atom is -0.327 e. The van der Waals surface area contributed by atoms with Gasteiger partial charge in [0, 0.05) is 16.9 Å². The molecule has 23 heavy (non-hydrogen) atoms. The zero-order valence-corrected chi connectivity index (χ0v) is 15.2. The van der Waals surface area contributed by atoms with Crippen LogP contribution in [0.2, 0.25) is 0 Å². The number of hydrogen-bond donors (Lipinski definition) is 0. The van der Waals surface area contributed by atoms with E-state index >= 15 is 0 Å². The summed E-state index contributed by atoms with van der Waals surface area (Å²) in [5.74, 6) is 1.00. The van der Waals surface area contributed by atoms with Gasteiger partial charge in [0.2, 0.25) is 5.91 Å². The van der Waals surface area contributed by atoms with E-state index in [1.807, 2.05) is 0 Å². The van der Waals surface area contributed by atoms with Crippen LogP contribution in [0.15, 0.2) is 28.7 Å². The molecule has 0 spiro atoms. The highest BCUT2D eigenvalue weighted by Gasteiger charge is 2.47. The van der Waals surface area contributed by atoms with Crippen LogP contribution in [-0.4, -0.2) is 35.0 Å². The molecule has 0 unspecified atom stereocenters. The second-order valence-electron chi connectivity index (χ2n) is 5.51. The van der Waals surface area contributed by atoms with Crippen molar-refractivity contribution < 1.29 is 18.0 Å². The summed E-state index contributed by atoms with van der Waals surface area (Å²) in [6, 6.07) is 4.11. The first kappa shape index (κ1) is 18.6. The SMILES string of the molecule is CCN(C(=O)C1CCSCC1)[C@@H](c1ccc(Br)cc1)C(F)(F)F. The van der Waals surface area contributed by atoms with E-state index in [0.29, 0.717) is 17.3 Å². The molecule has 0 aliphatic carbocycles. The lowest BCUT2D eigenvalue weighted by Gasteiger charge is -2.36. The highest BCUT2D eigenvalue weighted by atomic mass is 79.9. The first-order chi connectivity index (χ1) is 10.8. The van der Waals surface area contributed by atoms with Gasteiger partial charge in [-0.2, -0.15) is 24.9 Å². The Morgan fingerprint density at radius 3 is 2.35 bits per heavy atom. The summed E-state index contributed by atoms with van der Waals surface area (Å²) in [5, 5.41) is 0. The number of amides is 1. The molecule has 0 N–H and O–H groups in total. The number of carbonyl (C=O) groups excluding carboxylic acids is 1. The van der Waals surface area contributed by atoms with Crippen LogP contribution in [-0.2, 0) is 4.79 Å². The number of alkyl halides is 3. The number of benzene rings is 1. The normalized spacial score (nSPS) is 17.8. The summed E-state index contributed by atoms with van der Waals surface area (Å²) in [7, 11) is 0. The van der Waals surface area contributed by atoms with Gasteiger partial charge in [-0.25, -0.2) is 0 Å². The molecule has 1 heterocycles. The minimum atomic E-state index is -4.50. The van der Waals surface area contributed by atoms with E-state index in [9.17, 15) is 18.0 Å². The molecular weight excluding hydrogens is 391 g/mol. The van der Waals surface area contributed by atoms with Gasteiger partial charge in [-0.05, 0) is 49.0 Å². The summed E-state index contributed by atoms with van der Waals surface area (Å²) in [4.78, 5) is 13.7. The number of nitrogens with zero attached hydrogens (tertiary/aromatic N) is 1. The molecule has 2 rings (SSSR count). The van der Waals surface area contributed by atoms with E-state index in [-0.39, 0.29) is 23.9 Å². The standard InChI is InChI=1S/C16H19BrF3NOS/c1-2-21(15(22)12-7-9-23-10-8-12)14(16(18,19)20)11-3-5-13(17)6-4-11/h3-6,12,14H,2,7-10H2,1H3/t14-/m0/s1. The second-order valence-corrected chi connectivity index (χ2v) is 7.65. The van der Waals surface area contributed by atoms with Crippen LogP contribution in [0.1, 0.15) is 31.4 Å². The molecule has 1 aromatic carbocycles.